The first-order valence-corrected chi connectivity index (χ1v) is 8.86. The van der Waals surface area contributed by atoms with Crippen molar-refractivity contribution in [3.8, 4) is 11.4 Å². The van der Waals surface area contributed by atoms with Gasteiger partial charge in [-0.2, -0.15) is 9.90 Å². The van der Waals surface area contributed by atoms with Crippen molar-refractivity contribution in [2.45, 2.75) is 26.8 Å². The highest BCUT2D eigenvalue weighted by Crippen LogP contribution is 2.12. The molecule has 3 rings (SSSR count). The topological polar surface area (TPSA) is 85.1 Å². The Morgan fingerprint density at radius 1 is 1.07 bits per heavy atom. The molecule has 7 heteroatoms. The molecule has 0 aliphatic rings. The van der Waals surface area contributed by atoms with Gasteiger partial charge >= 0.3 is 0 Å². The number of hydrazone groups is 1. The molecule has 0 bridgehead atoms. The summed E-state index contributed by atoms with van der Waals surface area (Å²) in [5, 5.41) is 16.5. The molecular weight excluding hydrogens is 340 g/mol. The van der Waals surface area contributed by atoms with E-state index in [1.807, 2.05) is 60.7 Å². The molecule has 0 spiro atoms. The summed E-state index contributed by atoms with van der Waals surface area (Å²) in [6, 6.07) is 19.3. The molecule has 7 nitrogen and oxygen atoms in total. The standard InChI is InChI=1S/C20H22N6O/c1-15(2)13-18(16-9-5-3-6-10-16)21-22-19(27)14-26-24-20(23-25-26)17-11-7-4-8-12-17/h3-12,15H,13-14H2,1-2H3,(H,22,27)/b21-18+. The lowest BCUT2D eigenvalue weighted by molar-refractivity contribution is -0.122. The first-order chi connectivity index (χ1) is 13.1. The molecule has 27 heavy (non-hydrogen) atoms. The van der Waals surface area contributed by atoms with Gasteiger partial charge in [0, 0.05) is 5.56 Å². The van der Waals surface area contributed by atoms with Crippen molar-refractivity contribution in [1.29, 1.82) is 0 Å². The minimum atomic E-state index is -0.302. The maximum absolute atomic E-state index is 12.2. The van der Waals surface area contributed by atoms with E-state index in [0.29, 0.717) is 11.7 Å². The van der Waals surface area contributed by atoms with E-state index in [4.69, 9.17) is 0 Å². The van der Waals surface area contributed by atoms with Crippen LogP contribution >= 0.6 is 0 Å². The average Bonchev–Trinajstić information content (AvgIpc) is 3.14. The van der Waals surface area contributed by atoms with E-state index in [-0.39, 0.29) is 12.5 Å². The third kappa shape index (κ3) is 5.31. The molecule has 0 radical (unpaired) electrons. The lowest BCUT2D eigenvalue weighted by atomic mass is 10.0. The fourth-order valence-corrected chi connectivity index (χ4v) is 2.55. The van der Waals surface area contributed by atoms with Gasteiger partial charge in [-0.25, -0.2) is 5.43 Å². The van der Waals surface area contributed by atoms with Crippen LogP contribution < -0.4 is 5.43 Å². The van der Waals surface area contributed by atoms with Crippen LogP contribution in [0.4, 0.5) is 0 Å². The molecule has 138 valence electrons. The summed E-state index contributed by atoms with van der Waals surface area (Å²) >= 11 is 0. The Labute approximate surface area is 158 Å². The Hall–Kier alpha value is -3.35. The first kappa shape index (κ1) is 18.4. The van der Waals surface area contributed by atoms with E-state index >= 15 is 0 Å². The third-order valence-electron chi connectivity index (χ3n) is 3.79. The number of rotatable bonds is 7. The number of nitrogens with one attached hydrogen (secondary N) is 1. The molecule has 1 amide bonds. The van der Waals surface area contributed by atoms with Gasteiger partial charge in [-0.3, -0.25) is 4.79 Å². The van der Waals surface area contributed by atoms with Gasteiger partial charge in [-0.1, -0.05) is 74.5 Å². The molecule has 0 saturated heterocycles. The van der Waals surface area contributed by atoms with Crippen LogP contribution in [0.3, 0.4) is 0 Å². The number of nitrogens with zero attached hydrogens (tertiary/aromatic N) is 5. The van der Waals surface area contributed by atoms with E-state index < -0.39 is 0 Å². The second kappa shape index (κ2) is 8.84. The van der Waals surface area contributed by atoms with Gasteiger partial charge in [0.25, 0.3) is 5.91 Å². The number of carbonyl (C=O) groups is 1. The number of benzene rings is 2. The van der Waals surface area contributed by atoms with Crippen LogP contribution in [0.25, 0.3) is 11.4 Å². The van der Waals surface area contributed by atoms with Gasteiger partial charge in [0.1, 0.15) is 6.54 Å². The van der Waals surface area contributed by atoms with E-state index in [1.54, 1.807) is 0 Å². The van der Waals surface area contributed by atoms with Gasteiger partial charge in [-0.05, 0) is 23.1 Å². The van der Waals surface area contributed by atoms with Gasteiger partial charge in [-0.15, -0.1) is 10.2 Å². The van der Waals surface area contributed by atoms with Crippen molar-refractivity contribution in [1.82, 2.24) is 25.6 Å². The molecule has 2 aromatic carbocycles. The van der Waals surface area contributed by atoms with Crippen LogP contribution in [0.5, 0.6) is 0 Å². The summed E-state index contributed by atoms with van der Waals surface area (Å²) in [5.41, 5.74) is 5.30. The number of aromatic nitrogens is 4. The minimum Gasteiger partial charge on any atom is -0.271 e. The molecule has 0 atom stereocenters. The average molecular weight is 362 g/mol. The van der Waals surface area contributed by atoms with Gasteiger partial charge in [0.05, 0.1) is 5.71 Å². The van der Waals surface area contributed by atoms with Crippen molar-refractivity contribution in [2.75, 3.05) is 0 Å². The Morgan fingerprint density at radius 3 is 2.41 bits per heavy atom. The normalized spacial score (nSPS) is 11.6. The molecule has 0 saturated carbocycles. The zero-order valence-corrected chi connectivity index (χ0v) is 15.4. The molecular formula is C20H22N6O. The lowest BCUT2D eigenvalue weighted by Crippen LogP contribution is -2.26. The lowest BCUT2D eigenvalue weighted by Gasteiger charge is -2.09. The fraction of sp³-hybridized carbons (Fsp3) is 0.250. The summed E-state index contributed by atoms with van der Waals surface area (Å²) in [6.45, 7) is 4.18. The summed E-state index contributed by atoms with van der Waals surface area (Å²) in [4.78, 5) is 13.5. The highest BCUT2D eigenvalue weighted by atomic mass is 16.2. The maximum Gasteiger partial charge on any atom is 0.263 e. The van der Waals surface area contributed by atoms with Crippen LogP contribution in [0, 0.1) is 5.92 Å². The van der Waals surface area contributed by atoms with Crippen molar-refractivity contribution in [2.24, 2.45) is 11.0 Å². The SMILES string of the molecule is CC(C)C/C(=N\NC(=O)Cn1nnc(-c2ccccc2)n1)c1ccccc1. The fourth-order valence-electron chi connectivity index (χ4n) is 2.55. The van der Waals surface area contributed by atoms with E-state index in [9.17, 15) is 4.79 Å². The van der Waals surface area contributed by atoms with Crippen LogP contribution in [0.2, 0.25) is 0 Å². The highest BCUT2D eigenvalue weighted by Gasteiger charge is 2.10. The number of tetrazole rings is 1. The molecule has 0 aliphatic heterocycles. The maximum atomic E-state index is 12.2. The van der Waals surface area contributed by atoms with Crippen LogP contribution in [0.15, 0.2) is 65.8 Å². The summed E-state index contributed by atoms with van der Waals surface area (Å²) in [7, 11) is 0. The largest absolute Gasteiger partial charge is 0.271 e. The van der Waals surface area contributed by atoms with Crippen molar-refractivity contribution >= 4 is 11.6 Å². The Morgan fingerprint density at radius 2 is 1.74 bits per heavy atom. The van der Waals surface area contributed by atoms with Crippen molar-refractivity contribution < 1.29 is 4.79 Å². The summed E-state index contributed by atoms with van der Waals surface area (Å²) in [6.07, 6.45) is 0.768. The molecule has 1 N–H and O–H groups in total. The molecule has 1 heterocycles. The van der Waals surface area contributed by atoms with Gasteiger partial charge in [0.2, 0.25) is 5.82 Å². The zero-order chi connectivity index (χ0) is 19.1. The minimum absolute atomic E-state index is 0.0485. The van der Waals surface area contributed by atoms with Crippen molar-refractivity contribution in [3.05, 3.63) is 66.2 Å². The molecule has 3 aromatic rings. The second-order valence-electron chi connectivity index (χ2n) is 6.57. The van der Waals surface area contributed by atoms with Gasteiger partial charge in [0.15, 0.2) is 0 Å². The van der Waals surface area contributed by atoms with E-state index in [2.05, 4.69) is 39.8 Å². The number of hydrogen-bond donors (Lipinski definition) is 1. The molecule has 0 aliphatic carbocycles. The molecule has 1 aromatic heterocycles. The highest BCUT2D eigenvalue weighted by molar-refractivity contribution is 6.01. The number of amides is 1. The van der Waals surface area contributed by atoms with Crippen LogP contribution in [0.1, 0.15) is 25.8 Å². The van der Waals surface area contributed by atoms with E-state index in [0.717, 1.165) is 23.3 Å². The number of hydrogen-bond acceptors (Lipinski definition) is 5. The third-order valence-corrected chi connectivity index (χ3v) is 3.79. The molecule has 0 unspecified atom stereocenters. The number of carbonyl (C=O) groups excluding carboxylic acids is 1. The van der Waals surface area contributed by atoms with Crippen LogP contribution in [-0.2, 0) is 11.3 Å². The van der Waals surface area contributed by atoms with E-state index in [1.165, 1.54) is 4.80 Å². The Bertz CT molecular complexity index is 902. The monoisotopic (exact) mass is 362 g/mol. The smallest absolute Gasteiger partial charge is 0.263 e. The van der Waals surface area contributed by atoms with Crippen LogP contribution in [-0.4, -0.2) is 31.8 Å². The van der Waals surface area contributed by atoms with Crippen molar-refractivity contribution in [3.63, 3.8) is 0 Å². The quantitative estimate of drug-likeness (QED) is 0.517. The predicted octanol–water partition coefficient (Wildman–Crippen LogP) is 2.91. The summed E-state index contributed by atoms with van der Waals surface area (Å²) in [5.74, 6) is 0.604. The zero-order valence-electron chi connectivity index (χ0n) is 15.4. The Balaban J connectivity index is 1.66. The Kier molecular flexibility index (Phi) is 6.04. The molecule has 0 fully saturated rings. The summed E-state index contributed by atoms with van der Waals surface area (Å²) < 4.78 is 0. The predicted molar refractivity (Wildman–Crippen MR) is 104 cm³/mol. The first-order valence-electron chi connectivity index (χ1n) is 8.86. The van der Waals surface area contributed by atoms with Gasteiger partial charge < -0.3 is 0 Å². The second-order valence-corrected chi connectivity index (χ2v) is 6.57.